The zero-order valence-corrected chi connectivity index (χ0v) is 10.1. The van der Waals surface area contributed by atoms with E-state index in [0.717, 1.165) is 5.56 Å². The summed E-state index contributed by atoms with van der Waals surface area (Å²) in [6, 6.07) is 8.01. The molecule has 1 aliphatic carbocycles. The molecule has 17 heavy (non-hydrogen) atoms. The fourth-order valence-electron chi connectivity index (χ4n) is 2.38. The maximum absolute atomic E-state index is 10.9. The Hall–Kier alpha value is -1.35. The zero-order valence-electron chi connectivity index (χ0n) is 10.1. The van der Waals surface area contributed by atoms with Gasteiger partial charge in [-0.2, -0.15) is 0 Å². The fourth-order valence-corrected chi connectivity index (χ4v) is 2.38. The van der Waals surface area contributed by atoms with Crippen molar-refractivity contribution < 1.29 is 9.90 Å². The van der Waals surface area contributed by atoms with Crippen LogP contribution in [0, 0.1) is 0 Å². The van der Waals surface area contributed by atoms with Crippen molar-refractivity contribution in [2.24, 2.45) is 5.73 Å². The molecule has 2 unspecified atom stereocenters. The Kier molecular flexibility index (Phi) is 3.48. The van der Waals surface area contributed by atoms with Gasteiger partial charge in [0.15, 0.2) is 0 Å². The van der Waals surface area contributed by atoms with Gasteiger partial charge in [0.05, 0.1) is 6.42 Å². The Morgan fingerprint density at radius 2 is 2.12 bits per heavy atom. The average molecular weight is 233 g/mol. The Morgan fingerprint density at radius 1 is 1.47 bits per heavy atom. The Labute approximate surface area is 102 Å². The lowest BCUT2D eigenvalue weighted by molar-refractivity contribution is -0.137. The number of hydrogen-bond donors (Lipinski definition) is 2. The highest BCUT2D eigenvalue weighted by Gasteiger charge is 2.30. The third-order valence-corrected chi connectivity index (χ3v) is 3.44. The Balaban J connectivity index is 2.31. The molecule has 1 aromatic rings. The van der Waals surface area contributed by atoms with Gasteiger partial charge in [0.25, 0.3) is 0 Å². The zero-order chi connectivity index (χ0) is 12.4. The molecule has 0 aromatic heterocycles. The van der Waals surface area contributed by atoms with E-state index in [9.17, 15) is 4.79 Å². The summed E-state index contributed by atoms with van der Waals surface area (Å²) in [5.74, 6) is -0.233. The van der Waals surface area contributed by atoms with Crippen LogP contribution in [0.3, 0.4) is 0 Å². The fraction of sp³-hybridized carbons (Fsp3) is 0.500. The van der Waals surface area contributed by atoms with Crippen LogP contribution in [0.1, 0.15) is 49.1 Å². The number of carboxylic acids is 1. The van der Waals surface area contributed by atoms with Crippen molar-refractivity contribution in [3.63, 3.8) is 0 Å². The number of hydrogen-bond acceptors (Lipinski definition) is 2. The van der Waals surface area contributed by atoms with Crippen molar-refractivity contribution in [1.82, 2.24) is 0 Å². The molecular weight excluding hydrogens is 214 g/mol. The average Bonchev–Trinajstić information content (AvgIpc) is 3.09. The molecule has 92 valence electrons. The highest BCUT2D eigenvalue weighted by atomic mass is 16.4. The van der Waals surface area contributed by atoms with Gasteiger partial charge in [-0.3, -0.25) is 4.79 Å². The molecule has 0 aliphatic heterocycles. The predicted octanol–water partition coefficient (Wildman–Crippen LogP) is 2.47. The van der Waals surface area contributed by atoms with Crippen molar-refractivity contribution in [2.75, 3.05) is 0 Å². The van der Waals surface area contributed by atoms with E-state index in [-0.39, 0.29) is 18.4 Å². The minimum atomic E-state index is -0.780. The Morgan fingerprint density at radius 3 is 2.65 bits per heavy atom. The van der Waals surface area contributed by atoms with Crippen LogP contribution in [0.5, 0.6) is 0 Å². The van der Waals surface area contributed by atoms with Crippen molar-refractivity contribution in [1.29, 1.82) is 0 Å². The van der Waals surface area contributed by atoms with Crippen LogP contribution in [0.15, 0.2) is 24.3 Å². The molecule has 0 spiro atoms. The second kappa shape index (κ2) is 4.88. The minimum Gasteiger partial charge on any atom is -0.481 e. The van der Waals surface area contributed by atoms with Gasteiger partial charge in [-0.05, 0) is 36.8 Å². The number of nitrogens with two attached hydrogens (primary N) is 1. The molecule has 0 amide bonds. The summed E-state index contributed by atoms with van der Waals surface area (Å²) in [6.45, 7) is 1.89. The second-order valence-electron chi connectivity index (χ2n) is 4.97. The molecule has 3 heteroatoms. The molecular formula is C14H19NO2. The number of aliphatic carboxylic acids is 1. The van der Waals surface area contributed by atoms with Gasteiger partial charge >= 0.3 is 5.97 Å². The molecule has 3 nitrogen and oxygen atoms in total. The van der Waals surface area contributed by atoms with Crippen molar-refractivity contribution in [2.45, 2.75) is 44.1 Å². The Bertz CT molecular complexity index is 410. The second-order valence-corrected chi connectivity index (χ2v) is 4.97. The maximum atomic E-state index is 10.9. The summed E-state index contributed by atoms with van der Waals surface area (Å²) in [5, 5.41) is 8.98. The topological polar surface area (TPSA) is 63.3 Å². The summed E-state index contributed by atoms with van der Waals surface area (Å²) in [6.07, 6.45) is 2.55. The molecule has 0 radical (unpaired) electrons. The highest BCUT2D eigenvalue weighted by Crippen LogP contribution is 2.44. The van der Waals surface area contributed by atoms with E-state index in [2.05, 4.69) is 6.07 Å². The third kappa shape index (κ3) is 2.86. The molecule has 1 aliphatic rings. The quantitative estimate of drug-likeness (QED) is 0.821. The van der Waals surface area contributed by atoms with E-state index in [4.69, 9.17) is 10.8 Å². The van der Waals surface area contributed by atoms with Gasteiger partial charge in [-0.15, -0.1) is 0 Å². The molecule has 2 rings (SSSR count). The number of benzene rings is 1. The molecule has 0 heterocycles. The van der Waals surface area contributed by atoms with Crippen LogP contribution in [0.2, 0.25) is 0 Å². The first-order valence-electron chi connectivity index (χ1n) is 6.15. The van der Waals surface area contributed by atoms with Crippen molar-refractivity contribution in [3.05, 3.63) is 35.4 Å². The number of carbonyl (C=O) groups is 1. The van der Waals surface area contributed by atoms with Crippen LogP contribution in [-0.4, -0.2) is 17.1 Å². The van der Waals surface area contributed by atoms with Gasteiger partial charge < -0.3 is 10.8 Å². The molecule has 0 saturated heterocycles. The number of rotatable bonds is 5. The first-order chi connectivity index (χ1) is 8.09. The van der Waals surface area contributed by atoms with Crippen LogP contribution >= 0.6 is 0 Å². The van der Waals surface area contributed by atoms with Crippen molar-refractivity contribution >= 4 is 5.97 Å². The summed E-state index contributed by atoms with van der Waals surface area (Å²) in [7, 11) is 0. The summed E-state index contributed by atoms with van der Waals surface area (Å²) in [4.78, 5) is 10.9. The lowest BCUT2D eigenvalue weighted by Gasteiger charge is -2.22. The normalized spacial score (nSPS) is 18.7. The van der Waals surface area contributed by atoms with E-state index in [0.29, 0.717) is 5.92 Å². The van der Waals surface area contributed by atoms with E-state index in [1.807, 2.05) is 25.1 Å². The highest BCUT2D eigenvalue weighted by molar-refractivity contribution is 5.68. The third-order valence-electron chi connectivity index (χ3n) is 3.44. The lowest BCUT2D eigenvalue weighted by Crippen LogP contribution is -2.27. The van der Waals surface area contributed by atoms with Gasteiger partial charge in [0.2, 0.25) is 0 Å². The largest absolute Gasteiger partial charge is 0.481 e. The molecule has 1 saturated carbocycles. The molecule has 2 atom stereocenters. The summed E-state index contributed by atoms with van der Waals surface area (Å²) >= 11 is 0. The molecule has 1 aromatic carbocycles. The standard InChI is InChI=1S/C14H19NO2/c1-9(15)13(8-14(16)17)12-5-3-2-4-11(12)10-6-7-10/h2-5,9-10,13H,6-8,15H2,1H3,(H,16,17). The SMILES string of the molecule is CC(N)C(CC(=O)O)c1ccccc1C1CC1. The predicted molar refractivity (Wildman–Crippen MR) is 67.1 cm³/mol. The summed E-state index contributed by atoms with van der Waals surface area (Å²) < 4.78 is 0. The van der Waals surface area contributed by atoms with Crippen LogP contribution in [0.25, 0.3) is 0 Å². The smallest absolute Gasteiger partial charge is 0.304 e. The van der Waals surface area contributed by atoms with Crippen LogP contribution in [-0.2, 0) is 4.79 Å². The molecule has 1 fully saturated rings. The van der Waals surface area contributed by atoms with Crippen LogP contribution < -0.4 is 5.73 Å². The van der Waals surface area contributed by atoms with Gasteiger partial charge in [-0.25, -0.2) is 0 Å². The van der Waals surface area contributed by atoms with E-state index in [1.54, 1.807) is 0 Å². The molecule has 3 N–H and O–H groups in total. The minimum absolute atomic E-state index is 0.0794. The first kappa shape index (κ1) is 12.1. The van der Waals surface area contributed by atoms with E-state index < -0.39 is 5.97 Å². The van der Waals surface area contributed by atoms with E-state index >= 15 is 0 Å². The van der Waals surface area contributed by atoms with Crippen molar-refractivity contribution in [3.8, 4) is 0 Å². The van der Waals surface area contributed by atoms with E-state index in [1.165, 1.54) is 18.4 Å². The summed E-state index contributed by atoms with van der Waals surface area (Å²) in [5.41, 5.74) is 8.38. The maximum Gasteiger partial charge on any atom is 0.304 e. The van der Waals surface area contributed by atoms with Gasteiger partial charge in [-0.1, -0.05) is 24.3 Å². The van der Waals surface area contributed by atoms with Gasteiger partial charge in [0.1, 0.15) is 0 Å². The monoisotopic (exact) mass is 233 g/mol. The lowest BCUT2D eigenvalue weighted by atomic mass is 9.85. The van der Waals surface area contributed by atoms with Crippen LogP contribution in [0.4, 0.5) is 0 Å². The molecule has 0 bridgehead atoms. The van der Waals surface area contributed by atoms with Gasteiger partial charge in [0, 0.05) is 12.0 Å². The first-order valence-corrected chi connectivity index (χ1v) is 6.15. The number of carboxylic acid groups (broad SMARTS) is 1.